The second-order valence-electron chi connectivity index (χ2n) is 5.27. The van der Waals surface area contributed by atoms with Gasteiger partial charge in [-0.3, -0.25) is 11.3 Å². The molecule has 1 unspecified atom stereocenters. The van der Waals surface area contributed by atoms with E-state index in [1.54, 1.807) is 11.1 Å². The molecular weight excluding hydrogens is 196 g/mol. The molecule has 0 amide bonds. The number of nitrogens with one attached hydrogen (secondary N) is 1. The fourth-order valence-corrected chi connectivity index (χ4v) is 2.87. The predicted octanol–water partition coefficient (Wildman–Crippen LogP) is 1.96. The van der Waals surface area contributed by atoms with E-state index in [9.17, 15) is 0 Å². The summed E-state index contributed by atoms with van der Waals surface area (Å²) in [5, 5.41) is 0. The quantitative estimate of drug-likeness (QED) is 0.596. The highest BCUT2D eigenvalue weighted by Crippen LogP contribution is 2.34. The summed E-state index contributed by atoms with van der Waals surface area (Å²) >= 11 is 0. The molecule has 3 N–H and O–H groups in total. The molecule has 3 rings (SSSR count). The molecule has 2 heteroatoms. The van der Waals surface area contributed by atoms with E-state index in [4.69, 9.17) is 5.84 Å². The maximum absolute atomic E-state index is 5.62. The summed E-state index contributed by atoms with van der Waals surface area (Å²) in [5.74, 6) is 6.44. The summed E-state index contributed by atoms with van der Waals surface area (Å²) < 4.78 is 0. The van der Waals surface area contributed by atoms with Crippen LogP contribution in [0.3, 0.4) is 0 Å². The van der Waals surface area contributed by atoms with Crippen LogP contribution in [0.4, 0.5) is 0 Å². The molecule has 0 aromatic heterocycles. The van der Waals surface area contributed by atoms with Crippen LogP contribution in [0.2, 0.25) is 0 Å². The summed E-state index contributed by atoms with van der Waals surface area (Å²) in [6, 6.07) is 7.49. The molecule has 1 atom stereocenters. The molecular formula is C14H20N2. The molecule has 0 aliphatic heterocycles. The Labute approximate surface area is 97.2 Å². The van der Waals surface area contributed by atoms with Crippen LogP contribution in [0.15, 0.2) is 18.2 Å². The van der Waals surface area contributed by atoms with Gasteiger partial charge in [0.15, 0.2) is 0 Å². The number of hydrazine groups is 1. The van der Waals surface area contributed by atoms with Crippen LogP contribution >= 0.6 is 0 Å². The Balaban J connectivity index is 1.74. The number of aryl methyl sites for hydroxylation is 2. The van der Waals surface area contributed by atoms with Gasteiger partial charge in [-0.2, -0.15) is 0 Å². The lowest BCUT2D eigenvalue weighted by Crippen LogP contribution is -2.38. The molecule has 0 bridgehead atoms. The van der Waals surface area contributed by atoms with Gasteiger partial charge in [0, 0.05) is 6.04 Å². The monoisotopic (exact) mass is 216 g/mol. The van der Waals surface area contributed by atoms with E-state index in [1.165, 1.54) is 37.7 Å². The zero-order chi connectivity index (χ0) is 11.0. The zero-order valence-electron chi connectivity index (χ0n) is 9.71. The van der Waals surface area contributed by atoms with Crippen LogP contribution in [0.5, 0.6) is 0 Å². The van der Waals surface area contributed by atoms with Crippen molar-refractivity contribution in [3.63, 3.8) is 0 Å². The van der Waals surface area contributed by atoms with E-state index in [-0.39, 0.29) is 0 Å². The van der Waals surface area contributed by atoms with Gasteiger partial charge in [0.1, 0.15) is 0 Å². The molecule has 0 saturated heterocycles. The first-order valence-corrected chi connectivity index (χ1v) is 6.43. The smallest absolute Gasteiger partial charge is 0.0279 e. The predicted molar refractivity (Wildman–Crippen MR) is 66.0 cm³/mol. The first-order chi connectivity index (χ1) is 7.86. The summed E-state index contributed by atoms with van der Waals surface area (Å²) in [5.41, 5.74) is 7.57. The first-order valence-electron chi connectivity index (χ1n) is 6.43. The maximum atomic E-state index is 5.62. The van der Waals surface area contributed by atoms with Crippen LogP contribution in [0.25, 0.3) is 0 Å². The molecule has 1 fully saturated rings. The van der Waals surface area contributed by atoms with Crippen molar-refractivity contribution in [1.82, 2.24) is 5.43 Å². The second-order valence-corrected chi connectivity index (χ2v) is 5.27. The van der Waals surface area contributed by atoms with Gasteiger partial charge < -0.3 is 0 Å². The topological polar surface area (TPSA) is 38.0 Å². The van der Waals surface area contributed by atoms with E-state index >= 15 is 0 Å². The molecule has 1 aromatic rings. The SMILES string of the molecule is NNC(Cc1ccc2c(c1)CCC2)C1CC1. The van der Waals surface area contributed by atoms with Gasteiger partial charge in [0.05, 0.1) is 0 Å². The molecule has 16 heavy (non-hydrogen) atoms. The summed E-state index contributed by atoms with van der Waals surface area (Å²) in [6.45, 7) is 0. The molecule has 0 heterocycles. The summed E-state index contributed by atoms with van der Waals surface area (Å²) in [7, 11) is 0. The number of fused-ring (bicyclic) bond motifs is 1. The van der Waals surface area contributed by atoms with Gasteiger partial charge >= 0.3 is 0 Å². The number of rotatable bonds is 4. The van der Waals surface area contributed by atoms with Crippen LogP contribution in [-0.2, 0) is 19.3 Å². The molecule has 2 nitrogen and oxygen atoms in total. The van der Waals surface area contributed by atoms with E-state index in [0.717, 1.165) is 12.3 Å². The Morgan fingerprint density at radius 2 is 2.06 bits per heavy atom. The number of hydrogen-bond donors (Lipinski definition) is 2. The van der Waals surface area contributed by atoms with Gasteiger partial charge in [-0.05, 0) is 61.1 Å². The number of hydrogen-bond acceptors (Lipinski definition) is 2. The summed E-state index contributed by atoms with van der Waals surface area (Å²) in [6.07, 6.45) is 7.66. The Morgan fingerprint density at radius 1 is 1.25 bits per heavy atom. The number of benzene rings is 1. The van der Waals surface area contributed by atoms with Gasteiger partial charge in [-0.15, -0.1) is 0 Å². The highest BCUT2D eigenvalue weighted by Gasteiger charge is 2.30. The van der Waals surface area contributed by atoms with Crippen molar-refractivity contribution < 1.29 is 0 Å². The van der Waals surface area contributed by atoms with Gasteiger partial charge in [-0.1, -0.05) is 18.2 Å². The van der Waals surface area contributed by atoms with Gasteiger partial charge in [-0.25, -0.2) is 0 Å². The maximum Gasteiger partial charge on any atom is 0.0279 e. The van der Waals surface area contributed by atoms with Gasteiger partial charge in [0.2, 0.25) is 0 Å². The summed E-state index contributed by atoms with van der Waals surface area (Å²) in [4.78, 5) is 0. The minimum atomic E-state index is 0.486. The minimum absolute atomic E-state index is 0.486. The fourth-order valence-electron chi connectivity index (χ4n) is 2.87. The van der Waals surface area contributed by atoms with E-state index in [2.05, 4.69) is 23.6 Å². The Morgan fingerprint density at radius 3 is 2.81 bits per heavy atom. The van der Waals surface area contributed by atoms with Crippen molar-refractivity contribution in [1.29, 1.82) is 0 Å². The lowest BCUT2D eigenvalue weighted by atomic mass is 9.99. The van der Waals surface area contributed by atoms with Crippen LogP contribution in [0.1, 0.15) is 36.0 Å². The third-order valence-electron chi connectivity index (χ3n) is 4.02. The Kier molecular flexibility index (Phi) is 2.70. The van der Waals surface area contributed by atoms with Crippen molar-refractivity contribution in [2.45, 2.75) is 44.6 Å². The highest BCUT2D eigenvalue weighted by atomic mass is 15.2. The van der Waals surface area contributed by atoms with Crippen LogP contribution < -0.4 is 11.3 Å². The molecule has 1 saturated carbocycles. The Bertz CT molecular complexity index is 382. The Hall–Kier alpha value is -0.860. The van der Waals surface area contributed by atoms with E-state index in [1.807, 2.05) is 0 Å². The molecule has 2 aliphatic rings. The normalized spacial score (nSPS) is 20.8. The van der Waals surface area contributed by atoms with Crippen molar-refractivity contribution in [3.8, 4) is 0 Å². The average molecular weight is 216 g/mol. The van der Waals surface area contributed by atoms with Crippen molar-refractivity contribution in [2.24, 2.45) is 11.8 Å². The highest BCUT2D eigenvalue weighted by molar-refractivity contribution is 5.35. The van der Waals surface area contributed by atoms with E-state index < -0.39 is 0 Å². The average Bonchev–Trinajstić information content (AvgIpc) is 3.04. The largest absolute Gasteiger partial charge is 0.271 e. The van der Waals surface area contributed by atoms with Crippen LogP contribution in [0, 0.1) is 5.92 Å². The molecule has 1 aromatic carbocycles. The molecule has 0 radical (unpaired) electrons. The third kappa shape index (κ3) is 2.00. The molecule has 0 spiro atoms. The third-order valence-corrected chi connectivity index (χ3v) is 4.02. The zero-order valence-corrected chi connectivity index (χ0v) is 9.71. The second kappa shape index (κ2) is 4.19. The van der Waals surface area contributed by atoms with Crippen molar-refractivity contribution in [2.75, 3.05) is 0 Å². The fraction of sp³-hybridized carbons (Fsp3) is 0.571. The van der Waals surface area contributed by atoms with Crippen LogP contribution in [-0.4, -0.2) is 6.04 Å². The van der Waals surface area contributed by atoms with Crippen molar-refractivity contribution >= 4 is 0 Å². The number of nitrogens with two attached hydrogens (primary N) is 1. The standard InChI is InChI=1S/C14H20N2/c15-16-14(12-6-7-12)9-10-4-5-11-2-1-3-13(11)8-10/h4-5,8,12,14,16H,1-3,6-7,9,15H2. The molecule has 2 aliphatic carbocycles. The minimum Gasteiger partial charge on any atom is -0.271 e. The van der Waals surface area contributed by atoms with E-state index in [0.29, 0.717) is 6.04 Å². The first kappa shape index (κ1) is 10.3. The van der Waals surface area contributed by atoms with Crippen molar-refractivity contribution in [3.05, 3.63) is 34.9 Å². The lowest BCUT2D eigenvalue weighted by molar-refractivity contribution is 0.472. The lowest BCUT2D eigenvalue weighted by Gasteiger charge is -2.15. The van der Waals surface area contributed by atoms with Gasteiger partial charge in [0.25, 0.3) is 0 Å². The molecule has 86 valence electrons.